The highest BCUT2D eigenvalue weighted by molar-refractivity contribution is 5.43. The molecule has 0 aliphatic carbocycles. The zero-order valence-corrected chi connectivity index (χ0v) is 13.2. The summed E-state index contributed by atoms with van der Waals surface area (Å²) in [5.41, 5.74) is 1.24. The highest BCUT2D eigenvalue weighted by Gasteiger charge is 2.06. The number of unbranched alkanes of at least 4 members (excludes halogenated alkanes) is 2. The maximum absolute atomic E-state index is 5.83. The standard InChI is InChI=1S/C17H29NO2/c1-4-7-8-12-20-16-10-9-15(14-18-11-5-2)13-17(16)19-6-3/h9-10,13,18H,4-8,11-12,14H2,1-3H3. The molecule has 114 valence electrons. The summed E-state index contributed by atoms with van der Waals surface area (Å²) in [6.07, 6.45) is 4.67. The molecule has 0 radical (unpaired) electrons. The van der Waals surface area contributed by atoms with Crippen LogP contribution in [-0.2, 0) is 6.54 Å². The monoisotopic (exact) mass is 279 g/mol. The van der Waals surface area contributed by atoms with Crippen molar-refractivity contribution in [2.75, 3.05) is 19.8 Å². The molecular weight excluding hydrogens is 250 g/mol. The largest absolute Gasteiger partial charge is 0.490 e. The second-order valence-corrected chi connectivity index (χ2v) is 4.95. The Bertz CT molecular complexity index is 366. The van der Waals surface area contributed by atoms with Gasteiger partial charge in [-0.3, -0.25) is 0 Å². The van der Waals surface area contributed by atoms with Gasteiger partial charge in [0.05, 0.1) is 13.2 Å². The van der Waals surface area contributed by atoms with E-state index in [4.69, 9.17) is 9.47 Å². The summed E-state index contributed by atoms with van der Waals surface area (Å²) in [5, 5.41) is 3.40. The van der Waals surface area contributed by atoms with Crippen LogP contribution < -0.4 is 14.8 Å². The summed E-state index contributed by atoms with van der Waals surface area (Å²) in [6.45, 7) is 9.72. The Kier molecular flexibility index (Phi) is 8.88. The van der Waals surface area contributed by atoms with Gasteiger partial charge in [-0.15, -0.1) is 0 Å². The van der Waals surface area contributed by atoms with Gasteiger partial charge >= 0.3 is 0 Å². The molecule has 0 aliphatic heterocycles. The first-order valence-electron chi connectivity index (χ1n) is 7.91. The topological polar surface area (TPSA) is 30.5 Å². The normalized spacial score (nSPS) is 10.6. The fourth-order valence-corrected chi connectivity index (χ4v) is 1.99. The van der Waals surface area contributed by atoms with Gasteiger partial charge < -0.3 is 14.8 Å². The summed E-state index contributed by atoms with van der Waals surface area (Å²) in [6, 6.07) is 6.22. The molecule has 0 bridgehead atoms. The third-order valence-electron chi connectivity index (χ3n) is 3.07. The van der Waals surface area contributed by atoms with Crippen molar-refractivity contribution < 1.29 is 9.47 Å². The fraction of sp³-hybridized carbons (Fsp3) is 0.647. The predicted octanol–water partition coefficient (Wildman–Crippen LogP) is 4.15. The first-order valence-corrected chi connectivity index (χ1v) is 7.91. The maximum Gasteiger partial charge on any atom is 0.161 e. The van der Waals surface area contributed by atoms with Gasteiger partial charge in [0.25, 0.3) is 0 Å². The fourth-order valence-electron chi connectivity index (χ4n) is 1.99. The Morgan fingerprint density at radius 2 is 1.80 bits per heavy atom. The van der Waals surface area contributed by atoms with Gasteiger partial charge in [0.2, 0.25) is 0 Å². The van der Waals surface area contributed by atoms with E-state index in [2.05, 4.69) is 31.3 Å². The molecule has 1 N–H and O–H groups in total. The van der Waals surface area contributed by atoms with Crippen molar-refractivity contribution in [2.45, 2.75) is 53.0 Å². The molecule has 0 fully saturated rings. The zero-order valence-electron chi connectivity index (χ0n) is 13.2. The molecule has 20 heavy (non-hydrogen) atoms. The van der Waals surface area contributed by atoms with Crippen LogP contribution in [-0.4, -0.2) is 19.8 Å². The summed E-state index contributed by atoms with van der Waals surface area (Å²) < 4.78 is 11.5. The molecule has 1 aromatic carbocycles. The summed E-state index contributed by atoms with van der Waals surface area (Å²) in [4.78, 5) is 0. The smallest absolute Gasteiger partial charge is 0.161 e. The second kappa shape index (κ2) is 10.6. The van der Waals surface area contributed by atoms with Crippen LogP contribution in [0.25, 0.3) is 0 Å². The molecule has 0 saturated heterocycles. The van der Waals surface area contributed by atoms with Crippen LogP contribution in [0.3, 0.4) is 0 Å². The lowest BCUT2D eigenvalue weighted by atomic mass is 10.2. The van der Waals surface area contributed by atoms with Crippen molar-refractivity contribution >= 4 is 0 Å². The third-order valence-corrected chi connectivity index (χ3v) is 3.07. The molecule has 3 heteroatoms. The lowest BCUT2D eigenvalue weighted by Gasteiger charge is -2.13. The van der Waals surface area contributed by atoms with Gasteiger partial charge in [-0.25, -0.2) is 0 Å². The van der Waals surface area contributed by atoms with Gasteiger partial charge in [0.15, 0.2) is 11.5 Å². The van der Waals surface area contributed by atoms with Crippen molar-refractivity contribution in [3.8, 4) is 11.5 Å². The molecule has 0 saturated carbocycles. The van der Waals surface area contributed by atoms with Crippen LogP contribution >= 0.6 is 0 Å². The number of hydrogen-bond acceptors (Lipinski definition) is 3. The summed E-state index contributed by atoms with van der Waals surface area (Å²) >= 11 is 0. The number of rotatable bonds is 11. The van der Waals surface area contributed by atoms with E-state index in [0.29, 0.717) is 6.61 Å². The number of benzene rings is 1. The number of ether oxygens (including phenoxy) is 2. The third kappa shape index (κ3) is 6.29. The van der Waals surface area contributed by atoms with Gasteiger partial charge in [-0.05, 0) is 44.0 Å². The molecular formula is C17H29NO2. The Balaban J connectivity index is 2.58. The molecule has 0 heterocycles. The predicted molar refractivity (Wildman–Crippen MR) is 84.6 cm³/mol. The van der Waals surface area contributed by atoms with Crippen molar-refractivity contribution in [2.24, 2.45) is 0 Å². The van der Waals surface area contributed by atoms with E-state index in [9.17, 15) is 0 Å². The molecule has 1 rings (SSSR count). The molecule has 0 unspecified atom stereocenters. The zero-order chi connectivity index (χ0) is 14.6. The molecule has 0 spiro atoms. The quantitative estimate of drug-likeness (QED) is 0.617. The van der Waals surface area contributed by atoms with Crippen molar-refractivity contribution in [1.82, 2.24) is 5.32 Å². The van der Waals surface area contributed by atoms with Crippen LogP contribution in [0.4, 0.5) is 0 Å². The minimum Gasteiger partial charge on any atom is -0.490 e. The minimum atomic E-state index is 0.664. The van der Waals surface area contributed by atoms with Crippen molar-refractivity contribution in [3.05, 3.63) is 23.8 Å². The first kappa shape index (κ1) is 16.8. The lowest BCUT2D eigenvalue weighted by Crippen LogP contribution is -2.13. The molecule has 1 aromatic rings. The van der Waals surface area contributed by atoms with Crippen LogP contribution in [0.15, 0.2) is 18.2 Å². The van der Waals surface area contributed by atoms with Gasteiger partial charge in [-0.1, -0.05) is 32.8 Å². The maximum atomic E-state index is 5.83. The Labute approximate surface area is 123 Å². The minimum absolute atomic E-state index is 0.664. The van der Waals surface area contributed by atoms with E-state index in [0.717, 1.165) is 44.0 Å². The van der Waals surface area contributed by atoms with Crippen molar-refractivity contribution in [1.29, 1.82) is 0 Å². The van der Waals surface area contributed by atoms with Crippen LogP contribution in [0.1, 0.15) is 52.0 Å². The number of hydrogen-bond donors (Lipinski definition) is 1. The van der Waals surface area contributed by atoms with Crippen LogP contribution in [0.5, 0.6) is 11.5 Å². The molecule has 0 aliphatic rings. The molecule has 0 amide bonds. The molecule has 3 nitrogen and oxygen atoms in total. The molecule has 0 aromatic heterocycles. The second-order valence-electron chi connectivity index (χ2n) is 4.95. The van der Waals surface area contributed by atoms with E-state index in [1.54, 1.807) is 0 Å². The Morgan fingerprint density at radius 3 is 2.50 bits per heavy atom. The van der Waals surface area contributed by atoms with Gasteiger partial charge in [-0.2, -0.15) is 0 Å². The average Bonchev–Trinajstić information content (AvgIpc) is 2.46. The highest BCUT2D eigenvalue weighted by Crippen LogP contribution is 2.28. The number of nitrogens with one attached hydrogen (secondary N) is 1. The summed E-state index contributed by atoms with van der Waals surface area (Å²) in [7, 11) is 0. The highest BCUT2D eigenvalue weighted by atomic mass is 16.5. The van der Waals surface area contributed by atoms with Gasteiger partial charge in [0.1, 0.15) is 0 Å². The first-order chi connectivity index (χ1) is 9.81. The van der Waals surface area contributed by atoms with Crippen molar-refractivity contribution in [3.63, 3.8) is 0 Å². The Morgan fingerprint density at radius 1 is 0.950 bits per heavy atom. The van der Waals surface area contributed by atoms with Crippen LogP contribution in [0.2, 0.25) is 0 Å². The van der Waals surface area contributed by atoms with E-state index in [-0.39, 0.29) is 0 Å². The van der Waals surface area contributed by atoms with Gasteiger partial charge in [0, 0.05) is 6.54 Å². The molecule has 0 atom stereocenters. The SMILES string of the molecule is CCCCCOc1ccc(CNCCC)cc1OCC. The lowest BCUT2D eigenvalue weighted by molar-refractivity contribution is 0.271. The Hall–Kier alpha value is -1.22. The van der Waals surface area contributed by atoms with E-state index < -0.39 is 0 Å². The average molecular weight is 279 g/mol. The van der Waals surface area contributed by atoms with E-state index in [1.165, 1.54) is 18.4 Å². The van der Waals surface area contributed by atoms with E-state index >= 15 is 0 Å². The van der Waals surface area contributed by atoms with E-state index in [1.807, 2.05) is 13.0 Å². The summed E-state index contributed by atoms with van der Waals surface area (Å²) in [5.74, 6) is 1.72. The van der Waals surface area contributed by atoms with Crippen LogP contribution in [0, 0.1) is 0 Å².